The highest BCUT2D eigenvalue weighted by atomic mass is 19.1. The standard InChI is InChI=1S/C25H26F2N6O.C2H6/c1-6-15-11-19(34-5)22(27)20(21(15)26)18-8-7-17(23-24(18)29-10-9-28-23)14(2)31-25-30-12-16(32-25)13-33(3)4;1-2/h7-12H,2,6,13H2,1,3-5H3,(H2,30,31,32);1-2H3. The molecule has 4 aromatic rings. The van der Waals surface area contributed by atoms with Crippen LogP contribution in [0.2, 0.25) is 0 Å². The Kier molecular flexibility index (Phi) is 8.71. The van der Waals surface area contributed by atoms with E-state index in [0.29, 0.717) is 46.8 Å². The molecule has 2 aromatic heterocycles. The van der Waals surface area contributed by atoms with Crippen LogP contribution < -0.4 is 10.1 Å². The lowest BCUT2D eigenvalue weighted by Gasteiger charge is -2.16. The largest absolute Gasteiger partial charge is 0.494 e. The summed E-state index contributed by atoms with van der Waals surface area (Å²) in [4.78, 5) is 18.4. The first-order valence-electron chi connectivity index (χ1n) is 11.8. The van der Waals surface area contributed by atoms with Gasteiger partial charge in [0.2, 0.25) is 5.95 Å². The van der Waals surface area contributed by atoms with Gasteiger partial charge in [0.05, 0.1) is 35.6 Å². The number of rotatable bonds is 8. The molecular weight excluding hydrogens is 462 g/mol. The van der Waals surface area contributed by atoms with E-state index < -0.39 is 11.6 Å². The number of hydrogen-bond acceptors (Lipinski definition) is 6. The summed E-state index contributed by atoms with van der Waals surface area (Å²) < 4.78 is 35.7. The van der Waals surface area contributed by atoms with Crippen molar-refractivity contribution in [3.8, 4) is 16.9 Å². The van der Waals surface area contributed by atoms with Crippen LogP contribution in [0, 0.1) is 11.6 Å². The van der Waals surface area contributed by atoms with Gasteiger partial charge in [-0.2, -0.15) is 0 Å². The Morgan fingerprint density at radius 3 is 2.42 bits per heavy atom. The van der Waals surface area contributed by atoms with E-state index in [4.69, 9.17) is 4.74 Å². The molecule has 2 N–H and O–H groups in total. The third-order valence-electron chi connectivity index (χ3n) is 5.45. The van der Waals surface area contributed by atoms with Gasteiger partial charge in [-0.15, -0.1) is 0 Å². The summed E-state index contributed by atoms with van der Waals surface area (Å²) in [5.41, 5.74) is 3.35. The minimum Gasteiger partial charge on any atom is -0.494 e. The lowest BCUT2D eigenvalue weighted by Crippen LogP contribution is -2.10. The molecule has 2 aromatic carbocycles. The third-order valence-corrected chi connectivity index (χ3v) is 5.45. The number of nitrogens with zero attached hydrogens (tertiary/aromatic N) is 4. The molecule has 0 bridgehead atoms. The molecule has 0 saturated carbocycles. The van der Waals surface area contributed by atoms with Crippen molar-refractivity contribution in [2.75, 3.05) is 26.5 Å². The van der Waals surface area contributed by atoms with E-state index in [-0.39, 0.29) is 16.9 Å². The minimum atomic E-state index is -0.780. The fraction of sp³-hybridized carbons (Fsp3) is 0.296. The maximum atomic E-state index is 15.3. The molecule has 4 rings (SSSR count). The molecule has 0 radical (unpaired) electrons. The fourth-order valence-corrected chi connectivity index (χ4v) is 3.86. The average molecular weight is 495 g/mol. The van der Waals surface area contributed by atoms with Gasteiger partial charge in [-0.3, -0.25) is 9.97 Å². The molecule has 0 atom stereocenters. The Labute approximate surface area is 210 Å². The number of benzene rings is 2. The molecule has 0 amide bonds. The molecule has 36 heavy (non-hydrogen) atoms. The second kappa shape index (κ2) is 11.7. The van der Waals surface area contributed by atoms with E-state index >= 15 is 8.78 Å². The van der Waals surface area contributed by atoms with Crippen LogP contribution in [0.5, 0.6) is 5.75 Å². The van der Waals surface area contributed by atoms with E-state index in [1.807, 2.05) is 32.8 Å². The second-order valence-electron chi connectivity index (χ2n) is 8.11. The molecule has 0 unspecified atom stereocenters. The minimum absolute atomic E-state index is 0.0215. The zero-order chi connectivity index (χ0) is 26.4. The van der Waals surface area contributed by atoms with Crippen molar-refractivity contribution in [2.24, 2.45) is 0 Å². The van der Waals surface area contributed by atoms with Crippen molar-refractivity contribution < 1.29 is 13.5 Å². The Hall–Kier alpha value is -3.85. The smallest absolute Gasteiger partial charge is 0.204 e. The Balaban J connectivity index is 0.00000176. The first-order chi connectivity index (χ1) is 17.3. The lowest BCUT2D eigenvalue weighted by molar-refractivity contribution is 0.384. The van der Waals surface area contributed by atoms with Gasteiger partial charge in [0.1, 0.15) is 5.82 Å². The van der Waals surface area contributed by atoms with E-state index in [1.165, 1.54) is 25.6 Å². The number of H-pyrrole nitrogens is 1. The van der Waals surface area contributed by atoms with Crippen LogP contribution in [0.4, 0.5) is 14.7 Å². The average Bonchev–Trinajstić information content (AvgIpc) is 3.31. The summed E-state index contributed by atoms with van der Waals surface area (Å²) in [6.07, 6.45) is 5.15. The third kappa shape index (κ3) is 5.36. The first-order valence-corrected chi connectivity index (χ1v) is 11.8. The molecule has 2 heterocycles. The van der Waals surface area contributed by atoms with Gasteiger partial charge in [0, 0.05) is 35.8 Å². The highest BCUT2D eigenvalue weighted by Crippen LogP contribution is 2.38. The second-order valence-corrected chi connectivity index (χ2v) is 8.11. The van der Waals surface area contributed by atoms with Gasteiger partial charge in [0.15, 0.2) is 11.6 Å². The SMILES string of the molecule is C=C(Nc1ncc(CN(C)C)[nH]1)c1ccc(-c2c(F)c(CC)cc(OC)c2F)c2nccnc12.CC. The molecular formula is C27H32F2N6O. The fourth-order valence-electron chi connectivity index (χ4n) is 3.86. The number of imidazole rings is 1. The maximum Gasteiger partial charge on any atom is 0.204 e. The number of aromatic amines is 1. The number of aromatic nitrogens is 4. The van der Waals surface area contributed by atoms with Crippen molar-refractivity contribution in [1.29, 1.82) is 0 Å². The number of methoxy groups -OCH3 is 1. The lowest BCUT2D eigenvalue weighted by atomic mass is 9.96. The van der Waals surface area contributed by atoms with E-state index in [2.05, 4.69) is 31.8 Å². The van der Waals surface area contributed by atoms with E-state index in [9.17, 15) is 0 Å². The highest BCUT2D eigenvalue weighted by Gasteiger charge is 2.23. The summed E-state index contributed by atoms with van der Waals surface area (Å²) >= 11 is 0. The van der Waals surface area contributed by atoms with Gasteiger partial charge in [-0.05, 0) is 38.2 Å². The highest BCUT2D eigenvalue weighted by molar-refractivity contribution is 5.99. The van der Waals surface area contributed by atoms with Crippen LogP contribution >= 0.6 is 0 Å². The summed E-state index contributed by atoms with van der Waals surface area (Å²) in [7, 11) is 5.29. The molecule has 0 saturated heterocycles. The summed E-state index contributed by atoms with van der Waals surface area (Å²) in [6.45, 7) is 10.6. The van der Waals surface area contributed by atoms with Crippen LogP contribution in [0.3, 0.4) is 0 Å². The van der Waals surface area contributed by atoms with E-state index in [1.54, 1.807) is 25.3 Å². The quantitative estimate of drug-likeness (QED) is 0.311. The van der Waals surface area contributed by atoms with E-state index in [0.717, 1.165) is 5.69 Å². The van der Waals surface area contributed by atoms with Gasteiger partial charge < -0.3 is 19.9 Å². The summed E-state index contributed by atoms with van der Waals surface area (Å²) in [5.74, 6) is -0.911. The molecule has 7 nitrogen and oxygen atoms in total. The first kappa shape index (κ1) is 26.7. The Morgan fingerprint density at radius 1 is 1.08 bits per heavy atom. The molecule has 190 valence electrons. The number of halogens is 2. The van der Waals surface area contributed by atoms with Gasteiger partial charge >= 0.3 is 0 Å². The van der Waals surface area contributed by atoms with Crippen LogP contribution in [-0.4, -0.2) is 46.0 Å². The zero-order valence-electron chi connectivity index (χ0n) is 21.5. The molecule has 0 spiro atoms. The number of anilines is 1. The van der Waals surface area contributed by atoms with Crippen LogP contribution in [-0.2, 0) is 13.0 Å². The topological polar surface area (TPSA) is 79.0 Å². The molecule has 0 aliphatic rings. The Morgan fingerprint density at radius 2 is 1.78 bits per heavy atom. The summed E-state index contributed by atoms with van der Waals surface area (Å²) in [5, 5.41) is 3.15. The molecule has 0 aliphatic carbocycles. The maximum absolute atomic E-state index is 15.3. The van der Waals surface area contributed by atoms with Gasteiger partial charge in [-0.1, -0.05) is 33.4 Å². The number of ether oxygens (including phenoxy) is 1. The molecule has 0 fully saturated rings. The van der Waals surface area contributed by atoms with Crippen molar-refractivity contribution in [3.63, 3.8) is 0 Å². The Bertz CT molecular complexity index is 1340. The van der Waals surface area contributed by atoms with Crippen LogP contribution in [0.15, 0.2) is 43.4 Å². The number of hydrogen-bond donors (Lipinski definition) is 2. The predicted octanol–water partition coefficient (Wildman–Crippen LogP) is 6.04. The molecule has 9 heteroatoms. The number of aryl methyl sites for hydroxylation is 1. The van der Waals surface area contributed by atoms with Crippen molar-refractivity contribution >= 4 is 22.7 Å². The zero-order valence-corrected chi connectivity index (χ0v) is 21.5. The normalized spacial score (nSPS) is 10.8. The summed E-state index contributed by atoms with van der Waals surface area (Å²) in [6, 6.07) is 4.73. The van der Waals surface area contributed by atoms with Crippen molar-refractivity contribution in [1.82, 2.24) is 24.8 Å². The monoisotopic (exact) mass is 494 g/mol. The van der Waals surface area contributed by atoms with Crippen molar-refractivity contribution in [3.05, 3.63) is 71.8 Å². The van der Waals surface area contributed by atoms with Gasteiger partial charge in [-0.25, -0.2) is 13.8 Å². The predicted molar refractivity (Wildman–Crippen MR) is 141 cm³/mol. The van der Waals surface area contributed by atoms with Crippen LogP contribution in [0.1, 0.15) is 37.6 Å². The van der Waals surface area contributed by atoms with Gasteiger partial charge in [0.25, 0.3) is 0 Å². The van der Waals surface area contributed by atoms with Crippen LogP contribution in [0.25, 0.3) is 27.9 Å². The number of fused-ring (bicyclic) bond motifs is 1. The molecule has 0 aliphatic heterocycles. The van der Waals surface area contributed by atoms with Crippen molar-refractivity contribution in [2.45, 2.75) is 33.7 Å². The number of nitrogens with one attached hydrogen (secondary N) is 2.